The monoisotopic (exact) mass is 187 g/mol. The third kappa shape index (κ3) is 1.33. The Kier molecular flexibility index (Phi) is 2.12. The van der Waals surface area contributed by atoms with Crippen molar-refractivity contribution in [2.24, 2.45) is 5.92 Å². The summed E-state index contributed by atoms with van der Waals surface area (Å²) in [7, 11) is 0. The Hall–Kier alpha value is -1.57. The van der Waals surface area contributed by atoms with E-state index in [-0.39, 0.29) is 17.9 Å². The van der Waals surface area contributed by atoms with E-state index in [0.717, 1.165) is 5.56 Å². The smallest absolute Gasteiger partial charge is 0.247 e. The quantitative estimate of drug-likeness (QED) is 0.670. The van der Waals surface area contributed by atoms with Crippen LogP contribution < -0.4 is 5.32 Å². The fraction of sp³-hybridized carbons (Fsp3) is 0.250. The lowest BCUT2D eigenvalue weighted by atomic mass is 9.94. The summed E-state index contributed by atoms with van der Waals surface area (Å²) in [6, 6.07) is 10.1. The molecule has 0 radical (unpaired) electrons. The first-order chi connectivity index (χ1) is 6.70. The van der Waals surface area contributed by atoms with Gasteiger partial charge < -0.3 is 5.32 Å². The molecule has 1 aliphatic rings. The van der Waals surface area contributed by atoms with Gasteiger partial charge in [0.05, 0.1) is 6.04 Å². The lowest BCUT2D eigenvalue weighted by Crippen LogP contribution is -2.19. The molecule has 1 aliphatic heterocycles. The third-order valence-corrected chi connectivity index (χ3v) is 2.79. The first-order valence-electron chi connectivity index (χ1n) is 4.75. The first-order valence-corrected chi connectivity index (χ1v) is 4.75. The molecule has 1 saturated heterocycles. The standard InChI is InChI=1S/C12H13NO/c1-8-9(2)12(14)13-11(8)10-6-4-3-5-7-10/h3-8,11H,2H2,1H3,(H,13,14)/t8-,11-/m1/s1. The molecule has 0 aromatic heterocycles. The number of amides is 1. The van der Waals surface area contributed by atoms with Gasteiger partial charge in [-0.05, 0) is 5.56 Å². The first kappa shape index (κ1) is 9.00. The van der Waals surface area contributed by atoms with Gasteiger partial charge in [0.25, 0.3) is 0 Å². The van der Waals surface area contributed by atoms with E-state index >= 15 is 0 Å². The van der Waals surface area contributed by atoms with E-state index in [9.17, 15) is 4.79 Å². The van der Waals surface area contributed by atoms with Crippen molar-refractivity contribution in [1.82, 2.24) is 5.32 Å². The lowest BCUT2D eigenvalue weighted by Gasteiger charge is -2.14. The zero-order chi connectivity index (χ0) is 10.1. The normalized spacial score (nSPS) is 26.4. The van der Waals surface area contributed by atoms with Crippen molar-refractivity contribution < 1.29 is 4.79 Å². The molecule has 2 nitrogen and oxygen atoms in total. The van der Waals surface area contributed by atoms with Gasteiger partial charge in [-0.2, -0.15) is 0 Å². The van der Waals surface area contributed by atoms with Gasteiger partial charge in [0, 0.05) is 11.5 Å². The fourth-order valence-corrected chi connectivity index (χ4v) is 1.80. The highest BCUT2D eigenvalue weighted by atomic mass is 16.2. The Morgan fingerprint density at radius 1 is 1.29 bits per heavy atom. The maximum absolute atomic E-state index is 11.4. The average molecular weight is 187 g/mol. The Morgan fingerprint density at radius 3 is 2.43 bits per heavy atom. The number of nitrogens with one attached hydrogen (secondary N) is 1. The molecule has 1 N–H and O–H groups in total. The van der Waals surface area contributed by atoms with Gasteiger partial charge in [0.1, 0.15) is 0 Å². The number of hydrogen-bond acceptors (Lipinski definition) is 1. The van der Waals surface area contributed by atoms with Crippen molar-refractivity contribution >= 4 is 5.91 Å². The minimum Gasteiger partial charge on any atom is -0.345 e. The van der Waals surface area contributed by atoms with E-state index in [0.29, 0.717) is 5.57 Å². The summed E-state index contributed by atoms with van der Waals surface area (Å²) in [5, 5.41) is 2.93. The molecule has 0 spiro atoms. The summed E-state index contributed by atoms with van der Waals surface area (Å²) in [5.41, 5.74) is 1.82. The maximum atomic E-state index is 11.4. The largest absolute Gasteiger partial charge is 0.345 e. The minimum atomic E-state index is -0.0219. The van der Waals surface area contributed by atoms with Crippen LogP contribution in [0, 0.1) is 5.92 Å². The molecular formula is C12H13NO. The van der Waals surface area contributed by atoms with Crippen LogP contribution in [-0.4, -0.2) is 5.91 Å². The molecule has 0 saturated carbocycles. The summed E-state index contributed by atoms with van der Waals surface area (Å²) in [6.45, 7) is 5.81. The molecule has 2 atom stereocenters. The van der Waals surface area contributed by atoms with Crippen LogP contribution in [0.2, 0.25) is 0 Å². The van der Waals surface area contributed by atoms with Crippen LogP contribution in [-0.2, 0) is 4.79 Å². The van der Waals surface area contributed by atoms with Gasteiger partial charge in [-0.3, -0.25) is 4.79 Å². The fourth-order valence-electron chi connectivity index (χ4n) is 1.80. The number of benzene rings is 1. The molecule has 14 heavy (non-hydrogen) atoms. The van der Waals surface area contributed by atoms with Gasteiger partial charge >= 0.3 is 0 Å². The maximum Gasteiger partial charge on any atom is 0.247 e. The van der Waals surface area contributed by atoms with Crippen LogP contribution in [0.5, 0.6) is 0 Å². The Bertz CT molecular complexity index is 369. The molecular weight excluding hydrogens is 174 g/mol. The van der Waals surface area contributed by atoms with Crippen LogP contribution in [0.15, 0.2) is 42.5 Å². The molecule has 1 aromatic rings. The van der Waals surface area contributed by atoms with Crippen LogP contribution in [0.3, 0.4) is 0 Å². The second kappa shape index (κ2) is 3.29. The second-order valence-electron chi connectivity index (χ2n) is 3.68. The Morgan fingerprint density at radius 2 is 1.93 bits per heavy atom. The second-order valence-corrected chi connectivity index (χ2v) is 3.68. The number of hydrogen-bond donors (Lipinski definition) is 1. The third-order valence-electron chi connectivity index (χ3n) is 2.79. The predicted octanol–water partition coefficient (Wildman–Crippen LogP) is 2.05. The summed E-state index contributed by atoms with van der Waals surface area (Å²) in [6.07, 6.45) is 0. The highest BCUT2D eigenvalue weighted by Crippen LogP contribution is 2.32. The molecule has 2 heteroatoms. The Labute approximate surface area is 83.6 Å². The van der Waals surface area contributed by atoms with Gasteiger partial charge in [-0.25, -0.2) is 0 Å². The molecule has 0 bridgehead atoms. The van der Waals surface area contributed by atoms with Crippen molar-refractivity contribution in [2.45, 2.75) is 13.0 Å². The zero-order valence-corrected chi connectivity index (χ0v) is 8.16. The van der Waals surface area contributed by atoms with Crippen LogP contribution in [0.1, 0.15) is 18.5 Å². The van der Waals surface area contributed by atoms with Crippen molar-refractivity contribution in [3.63, 3.8) is 0 Å². The number of carbonyl (C=O) groups is 1. The SMILES string of the molecule is C=C1C(=O)N[C@@H](c2ccccc2)[C@@H]1C. The van der Waals surface area contributed by atoms with E-state index in [2.05, 4.69) is 11.9 Å². The molecule has 0 aliphatic carbocycles. The number of carbonyl (C=O) groups excluding carboxylic acids is 1. The zero-order valence-electron chi connectivity index (χ0n) is 8.16. The highest BCUT2D eigenvalue weighted by molar-refractivity contribution is 5.96. The number of rotatable bonds is 1. The van der Waals surface area contributed by atoms with E-state index in [1.807, 2.05) is 37.3 Å². The van der Waals surface area contributed by atoms with Gasteiger partial charge in [0.15, 0.2) is 0 Å². The summed E-state index contributed by atoms with van der Waals surface area (Å²) in [4.78, 5) is 11.4. The summed E-state index contributed by atoms with van der Waals surface area (Å²) >= 11 is 0. The van der Waals surface area contributed by atoms with Crippen LogP contribution in [0.4, 0.5) is 0 Å². The van der Waals surface area contributed by atoms with Gasteiger partial charge in [-0.1, -0.05) is 43.8 Å². The molecule has 0 unspecified atom stereocenters. The van der Waals surface area contributed by atoms with E-state index < -0.39 is 0 Å². The summed E-state index contributed by atoms with van der Waals surface area (Å²) in [5.74, 6) is 0.163. The van der Waals surface area contributed by atoms with Crippen molar-refractivity contribution in [3.8, 4) is 0 Å². The minimum absolute atomic E-state index is 0.0219. The molecule has 1 amide bonds. The topological polar surface area (TPSA) is 29.1 Å². The highest BCUT2D eigenvalue weighted by Gasteiger charge is 2.33. The van der Waals surface area contributed by atoms with E-state index in [1.54, 1.807) is 0 Å². The van der Waals surface area contributed by atoms with E-state index in [1.165, 1.54) is 0 Å². The average Bonchev–Trinajstić information content (AvgIpc) is 2.47. The lowest BCUT2D eigenvalue weighted by molar-refractivity contribution is -0.116. The van der Waals surface area contributed by atoms with Crippen molar-refractivity contribution in [3.05, 3.63) is 48.0 Å². The van der Waals surface area contributed by atoms with Crippen molar-refractivity contribution in [1.29, 1.82) is 0 Å². The molecule has 1 aromatic carbocycles. The van der Waals surface area contributed by atoms with Crippen LogP contribution in [0.25, 0.3) is 0 Å². The molecule has 1 fully saturated rings. The molecule has 2 rings (SSSR count). The van der Waals surface area contributed by atoms with Gasteiger partial charge in [0.2, 0.25) is 5.91 Å². The Balaban J connectivity index is 2.30. The molecule has 1 heterocycles. The van der Waals surface area contributed by atoms with Crippen LogP contribution >= 0.6 is 0 Å². The van der Waals surface area contributed by atoms with E-state index in [4.69, 9.17) is 0 Å². The summed E-state index contributed by atoms with van der Waals surface area (Å²) < 4.78 is 0. The van der Waals surface area contributed by atoms with Crippen molar-refractivity contribution in [2.75, 3.05) is 0 Å². The van der Waals surface area contributed by atoms with Gasteiger partial charge in [-0.15, -0.1) is 0 Å². The predicted molar refractivity (Wildman–Crippen MR) is 55.6 cm³/mol. The molecule has 72 valence electrons.